The maximum Gasteiger partial charge on any atom is -0.00711 e. The summed E-state index contributed by atoms with van der Waals surface area (Å²) in [7, 11) is 0. The first-order valence-corrected chi connectivity index (χ1v) is 3.93. The second-order valence-electron chi connectivity index (χ2n) is 2.18. The minimum Gasteiger partial charge on any atom is -0.330 e. The van der Waals surface area contributed by atoms with Crippen LogP contribution in [0.25, 0.3) is 0 Å². The van der Waals surface area contributed by atoms with E-state index in [4.69, 9.17) is 18.0 Å². The molecule has 0 amide bonds. The van der Waals surface area contributed by atoms with Gasteiger partial charge in [-0.1, -0.05) is 25.6 Å². The molecule has 9 heavy (non-hydrogen) atoms. The van der Waals surface area contributed by atoms with Crippen molar-refractivity contribution < 1.29 is 0 Å². The Labute approximate surface area is 62.6 Å². The number of thiocarbonyl (C=S) groups is 1. The van der Waals surface area contributed by atoms with Gasteiger partial charge in [0, 0.05) is 0 Å². The first-order chi connectivity index (χ1) is 4.31. The van der Waals surface area contributed by atoms with Crippen LogP contribution >= 0.6 is 12.2 Å². The topological polar surface area (TPSA) is 26.0 Å². The number of hydrogen-bond donors (Lipinski definition) is 1. The molecule has 0 aromatic carbocycles. The molecule has 54 valence electrons. The van der Waals surface area contributed by atoms with Gasteiger partial charge < -0.3 is 5.73 Å². The van der Waals surface area contributed by atoms with Crippen molar-refractivity contribution in [2.45, 2.75) is 32.6 Å². The molecule has 0 unspecified atom stereocenters. The van der Waals surface area contributed by atoms with Crippen LogP contribution in [0.3, 0.4) is 0 Å². The highest BCUT2D eigenvalue weighted by atomic mass is 32.1. The minimum atomic E-state index is 0.768. The molecule has 2 heteroatoms. The van der Waals surface area contributed by atoms with Gasteiger partial charge in [-0.25, -0.2) is 0 Å². The molecule has 0 aliphatic carbocycles. The lowest BCUT2D eigenvalue weighted by molar-refractivity contribution is 0.861. The lowest BCUT2D eigenvalue weighted by Crippen LogP contribution is -2.02. The first kappa shape index (κ1) is 9.05. The van der Waals surface area contributed by atoms with Gasteiger partial charge in [0.2, 0.25) is 0 Å². The van der Waals surface area contributed by atoms with E-state index in [0.29, 0.717) is 0 Å². The van der Waals surface area contributed by atoms with Crippen molar-refractivity contribution in [1.29, 1.82) is 0 Å². The van der Waals surface area contributed by atoms with E-state index < -0.39 is 0 Å². The molecular formula is C7H15NS. The summed E-state index contributed by atoms with van der Waals surface area (Å²) in [5, 5.41) is 0. The van der Waals surface area contributed by atoms with Gasteiger partial charge in [-0.3, -0.25) is 0 Å². The van der Waals surface area contributed by atoms with Gasteiger partial charge in [-0.05, 0) is 30.7 Å². The summed E-state index contributed by atoms with van der Waals surface area (Å²) in [6, 6.07) is 0. The Morgan fingerprint density at radius 1 is 1.44 bits per heavy atom. The van der Waals surface area contributed by atoms with Gasteiger partial charge in [0.25, 0.3) is 0 Å². The molecule has 1 nitrogen and oxygen atoms in total. The van der Waals surface area contributed by atoms with Crippen molar-refractivity contribution >= 4 is 17.1 Å². The predicted molar refractivity (Wildman–Crippen MR) is 45.8 cm³/mol. The molecule has 0 aliphatic heterocycles. The number of hydrogen-bond acceptors (Lipinski definition) is 2. The molecule has 0 aromatic heterocycles. The average molecular weight is 145 g/mol. The van der Waals surface area contributed by atoms with Crippen molar-refractivity contribution in [3.63, 3.8) is 0 Å². The molecule has 0 saturated heterocycles. The van der Waals surface area contributed by atoms with Crippen LogP contribution in [0.2, 0.25) is 0 Å². The summed E-state index contributed by atoms with van der Waals surface area (Å²) in [4.78, 5) is 1.18. The maximum absolute atomic E-state index is 5.31. The fourth-order valence-corrected chi connectivity index (χ4v) is 1.05. The van der Waals surface area contributed by atoms with Gasteiger partial charge in [0.1, 0.15) is 0 Å². The van der Waals surface area contributed by atoms with E-state index in [-0.39, 0.29) is 0 Å². The summed E-state index contributed by atoms with van der Waals surface area (Å²) < 4.78 is 0. The highest BCUT2D eigenvalue weighted by Crippen LogP contribution is 1.98. The molecule has 0 heterocycles. The molecule has 0 atom stereocenters. The summed E-state index contributed by atoms with van der Waals surface area (Å²) in [5.41, 5.74) is 5.31. The molecule has 2 N–H and O–H groups in total. The molecule has 0 aromatic rings. The first-order valence-electron chi connectivity index (χ1n) is 3.53. The van der Waals surface area contributed by atoms with E-state index in [1.807, 2.05) is 0 Å². The lowest BCUT2D eigenvalue weighted by atomic mass is 10.1. The minimum absolute atomic E-state index is 0.768. The van der Waals surface area contributed by atoms with Gasteiger partial charge in [-0.15, -0.1) is 0 Å². The number of rotatable bonds is 5. The Kier molecular flexibility index (Phi) is 6.21. The van der Waals surface area contributed by atoms with Crippen LogP contribution < -0.4 is 5.73 Å². The van der Waals surface area contributed by atoms with E-state index in [2.05, 4.69) is 6.92 Å². The van der Waals surface area contributed by atoms with E-state index in [1.165, 1.54) is 11.3 Å². The molecule has 0 saturated carbocycles. The highest BCUT2D eigenvalue weighted by Gasteiger charge is 1.92. The SMILES string of the molecule is CCCC(=S)CCCN. The molecule has 0 rings (SSSR count). The van der Waals surface area contributed by atoms with E-state index >= 15 is 0 Å². The van der Waals surface area contributed by atoms with E-state index in [1.54, 1.807) is 0 Å². The van der Waals surface area contributed by atoms with Crippen LogP contribution in [0.15, 0.2) is 0 Å². The van der Waals surface area contributed by atoms with E-state index in [0.717, 1.165) is 25.8 Å². The van der Waals surface area contributed by atoms with E-state index in [9.17, 15) is 0 Å². The van der Waals surface area contributed by atoms with Crippen molar-refractivity contribution in [3.8, 4) is 0 Å². The summed E-state index contributed by atoms with van der Waals surface area (Å²) >= 11 is 5.06. The fraction of sp³-hybridized carbons (Fsp3) is 0.857. The maximum atomic E-state index is 5.31. The van der Waals surface area contributed by atoms with Gasteiger partial charge in [-0.2, -0.15) is 0 Å². The quantitative estimate of drug-likeness (QED) is 0.598. The summed E-state index contributed by atoms with van der Waals surface area (Å²) in [5.74, 6) is 0. The monoisotopic (exact) mass is 145 g/mol. The largest absolute Gasteiger partial charge is 0.330 e. The molecule has 0 radical (unpaired) electrons. The van der Waals surface area contributed by atoms with Crippen LogP contribution in [-0.4, -0.2) is 11.4 Å². The molecule has 0 spiro atoms. The highest BCUT2D eigenvalue weighted by molar-refractivity contribution is 7.80. The third-order valence-electron chi connectivity index (χ3n) is 1.19. The molecule has 0 aliphatic rings. The van der Waals surface area contributed by atoms with Crippen molar-refractivity contribution in [3.05, 3.63) is 0 Å². The van der Waals surface area contributed by atoms with Gasteiger partial charge in [0.15, 0.2) is 0 Å². The third kappa shape index (κ3) is 5.93. The Morgan fingerprint density at radius 3 is 2.56 bits per heavy atom. The van der Waals surface area contributed by atoms with Crippen LogP contribution in [0.5, 0.6) is 0 Å². The number of nitrogens with two attached hydrogens (primary N) is 1. The zero-order valence-electron chi connectivity index (χ0n) is 6.02. The second kappa shape index (κ2) is 6.17. The zero-order chi connectivity index (χ0) is 7.11. The Bertz CT molecular complexity index is 81.0. The Morgan fingerprint density at radius 2 is 2.11 bits per heavy atom. The molecule has 0 fully saturated rings. The zero-order valence-corrected chi connectivity index (χ0v) is 6.84. The predicted octanol–water partition coefficient (Wildman–Crippen LogP) is 1.90. The van der Waals surface area contributed by atoms with Crippen molar-refractivity contribution in [1.82, 2.24) is 0 Å². The summed E-state index contributed by atoms with van der Waals surface area (Å²) in [6.07, 6.45) is 4.36. The average Bonchev–Trinajstić information content (AvgIpc) is 1.85. The lowest BCUT2D eigenvalue weighted by Gasteiger charge is -1.97. The van der Waals surface area contributed by atoms with Crippen LogP contribution in [0.1, 0.15) is 32.6 Å². The van der Waals surface area contributed by atoms with Gasteiger partial charge in [0.05, 0.1) is 0 Å². The molecule has 0 bridgehead atoms. The summed E-state index contributed by atoms with van der Waals surface area (Å²) in [6.45, 7) is 2.92. The Balaban J connectivity index is 3.06. The van der Waals surface area contributed by atoms with Crippen molar-refractivity contribution in [2.24, 2.45) is 5.73 Å². The fourth-order valence-electron chi connectivity index (χ4n) is 0.703. The molecular weight excluding hydrogens is 130 g/mol. The van der Waals surface area contributed by atoms with Crippen LogP contribution in [0.4, 0.5) is 0 Å². The van der Waals surface area contributed by atoms with Crippen LogP contribution in [0, 0.1) is 0 Å². The third-order valence-corrected chi connectivity index (χ3v) is 1.60. The van der Waals surface area contributed by atoms with Crippen LogP contribution in [-0.2, 0) is 0 Å². The standard InChI is InChI=1S/C7H15NS/c1-2-4-7(9)5-3-6-8/h2-6,8H2,1H3. The van der Waals surface area contributed by atoms with Crippen molar-refractivity contribution in [2.75, 3.05) is 6.54 Å². The normalized spacial score (nSPS) is 9.56. The Hall–Kier alpha value is 0.0500. The second-order valence-corrected chi connectivity index (χ2v) is 2.76. The van der Waals surface area contributed by atoms with Gasteiger partial charge >= 0.3 is 0 Å². The smallest absolute Gasteiger partial charge is 0.00711 e.